The average Bonchev–Trinajstić information content (AvgIpc) is 3.16. The summed E-state index contributed by atoms with van der Waals surface area (Å²) < 4.78 is 16.0. The van der Waals surface area contributed by atoms with Crippen molar-refractivity contribution in [2.45, 2.75) is 38.1 Å². The summed E-state index contributed by atoms with van der Waals surface area (Å²) in [5.41, 5.74) is 1.96. The van der Waals surface area contributed by atoms with E-state index in [-0.39, 0.29) is 5.82 Å². The third kappa shape index (κ3) is 2.42. The third-order valence-electron chi connectivity index (χ3n) is 4.65. The summed E-state index contributed by atoms with van der Waals surface area (Å²) in [5.74, 6) is 0.409. The zero-order valence-corrected chi connectivity index (χ0v) is 13.2. The Morgan fingerprint density at radius 2 is 2.04 bits per heavy atom. The number of nitrogens with zero attached hydrogens (tertiary/aromatic N) is 3. The molecule has 4 rings (SSSR count). The van der Waals surface area contributed by atoms with Crippen LogP contribution in [0, 0.1) is 17.1 Å². The highest BCUT2D eigenvalue weighted by Gasteiger charge is 2.23. The fourth-order valence-electron chi connectivity index (χ4n) is 3.42. The van der Waals surface area contributed by atoms with Gasteiger partial charge in [0.2, 0.25) is 0 Å². The van der Waals surface area contributed by atoms with Crippen LogP contribution in [-0.2, 0) is 0 Å². The lowest BCUT2D eigenvalue weighted by molar-refractivity contribution is 0.461. The van der Waals surface area contributed by atoms with Crippen LogP contribution in [-0.4, -0.2) is 20.6 Å². The minimum absolute atomic E-state index is 0.316. The third-order valence-corrected chi connectivity index (χ3v) is 4.65. The number of aromatic nitrogens is 3. The highest BCUT2D eigenvalue weighted by atomic mass is 19.1. The topological polar surface area (TPSA) is 68.9 Å². The van der Waals surface area contributed by atoms with E-state index in [0.29, 0.717) is 28.5 Å². The van der Waals surface area contributed by atoms with Gasteiger partial charge in [-0.15, -0.1) is 0 Å². The molecule has 0 spiro atoms. The normalized spacial score (nSPS) is 15.5. The lowest BCUT2D eigenvalue weighted by atomic mass is 9.95. The number of aromatic amines is 1. The molecule has 1 fully saturated rings. The Bertz CT molecular complexity index is 911. The first-order chi connectivity index (χ1) is 11.8. The maximum atomic E-state index is 14.3. The maximum absolute atomic E-state index is 14.3. The van der Waals surface area contributed by atoms with E-state index >= 15 is 0 Å². The van der Waals surface area contributed by atoms with E-state index in [2.05, 4.69) is 21.5 Å². The molecule has 1 aromatic carbocycles. The van der Waals surface area contributed by atoms with Crippen LogP contribution in [0.5, 0.6) is 0 Å². The van der Waals surface area contributed by atoms with Gasteiger partial charge in [-0.05, 0) is 25.0 Å². The SMILES string of the molecule is N#Cc1c[nH]n2c(NC3CCCCC3)c(-c3ccccc3F)nc12. The molecule has 3 aromatic rings. The summed E-state index contributed by atoms with van der Waals surface area (Å²) in [5, 5.41) is 15.8. The van der Waals surface area contributed by atoms with Crippen molar-refractivity contribution >= 4 is 11.5 Å². The first-order valence-corrected chi connectivity index (χ1v) is 8.29. The largest absolute Gasteiger partial charge is 0.365 e. The highest BCUT2D eigenvalue weighted by molar-refractivity contribution is 5.78. The van der Waals surface area contributed by atoms with E-state index in [1.54, 1.807) is 28.9 Å². The Labute approximate surface area is 139 Å². The van der Waals surface area contributed by atoms with Crippen LogP contribution >= 0.6 is 0 Å². The van der Waals surface area contributed by atoms with E-state index in [9.17, 15) is 9.65 Å². The number of anilines is 1. The van der Waals surface area contributed by atoms with Crippen molar-refractivity contribution in [3.63, 3.8) is 0 Å². The molecule has 6 heteroatoms. The van der Waals surface area contributed by atoms with Crippen LogP contribution in [0.2, 0.25) is 0 Å². The summed E-state index contributed by atoms with van der Waals surface area (Å²) in [6.07, 6.45) is 7.47. The summed E-state index contributed by atoms with van der Waals surface area (Å²) in [7, 11) is 0. The minimum Gasteiger partial charge on any atom is -0.365 e. The lowest BCUT2D eigenvalue weighted by Gasteiger charge is -2.23. The molecule has 1 aliphatic rings. The van der Waals surface area contributed by atoms with Gasteiger partial charge in [0.15, 0.2) is 11.5 Å². The standard InChI is InChI=1S/C18H18FN5/c19-15-9-5-4-8-14(15)16-18(22-13-6-2-1-3-7-13)24-17(23-16)12(10-20)11-21-24/h4-5,8-9,11,13,21-22H,1-3,6-7H2. The molecule has 0 amide bonds. The molecule has 0 unspecified atom stereocenters. The molecule has 0 radical (unpaired) electrons. The van der Waals surface area contributed by atoms with Gasteiger partial charge < -0.3 is 5.32 Å². The Kier molecular flexibility index (Phi) is 3.69. The minimum atomic E-state index is -0.316. The van der Waals surface area contributed by atoms with Crippen LogP contribution in [0.1, 0.15) is 37.7 Å². The zero-order chi connectivity index (χ0) is 16.5. The molecule has 24 heavy (non-hydrogen) atoms. The second-order valence-electron chi connectivity index (χ2n) is 6.23. The Hall–Kier alpha value is -2.81. The zero-order valence-electron chi connectivity index (χ0n) is 13.2. The molecule has 2 N–H and O–H groups in total. The van der Waals surface area contributed by atoms with Crippen LogP contribution < -0.4 is 5.32 Å². The Morgan fingerprint density at radius 1 is 1.25 bits per heavy atom. The van der Waals surface area contributed by atoms with Crippen LogP contribution in [0.3, 0.4) is 0 Å². The van der Waals surface area contributed by atoms with E-state index in [1.165, 1.54) is 25.3 Å². The number of rotatable bonds is 3. The van der Waals surface area contributed by atoms with E-state index < -0.39 is 0 Å². The van der Waals surface area contributed by atoms with Crippen molar-refractivity contribution in [3.05, 3.63) is 41.8 Å². The summed E-state index contributed by atoms with van der Waals surface area (Å²) in [6, 6.07) is 9.07. The number of hydrogen-bond acceptors (Lipinski definition) is 3. The lowest BCUT2D eigenvalue weighted by Crippen LogP contribution is -2.23. The maximum Gasteiger partial charge on any atom is 0.173 e. The molecule has 0 bridgehead atoms. The number of imidazole rings is 1. The molecular weight excluding hydrogens is 305 g/mol. The molecule has 5 nitrogen and oxygen atoms in total. The molecule has 2 heterocycles. The average molecular weight is 323 g/mol. The van der Waals surface area contributed by atoms with Gasteiger partial charge >= 0.3 is 0 Å². The van der Waals surface area contributed by atoms with Gasteiger partial charge in [0.05, 0.1) is 0 Å². The van der Waals surface area contributed by atoms with Gasteiger partial charge in [-0.25, -0.2) is 13.9 Å². The molecule has 1 aliphatic carbocycles. The van der Waals surface area contributed by atoms with Crippen molar-refractivity contribution in [2.24, 2.45) is 0 Å². The molecule has 2 aromatic heterocycles. The summed E-state index contributed by atoms with van der Waals surface area (Å²) in [4.78, 5) is 4.55. The smallest absolute Gasteiger partial charge is 0.173 e. The predicted octanol–water partition coefficient (Wildman–Crippen LogP) is 4.08. The van der Waals surface area contributed by atoms with Gasteiger partial charge in [-0.1, -0.05) is 31.4 Å². The fraction of sp³-hybridized carbons (Fsp3) is 0.333. The molecule has 122 valence electrons. The van der Waals surface area contributed by atoms with E-state index in [0.717, 1.165) is 18.7 Å². The van der Waals surface area contributed by atoms with E-state index in [1.807, 2.05) is 0 Å². The van der Waals surface area contributed by atoms with Gasteiger partial charge in [0, 0.05) is 17.8 Å². The quantitative estimate of drug-likeness (QED) is 0.763. The van der Waals surface area contributed by atoms with Crippen LogP contribution in [0.4, 0.5) is 10.2 Å². The monoisotopic (exact) mass is 323 g/mol. The van der Waals surface area contributed by atoms with E-state index in [4.69, 9.17) is 0 Å². The van der Waals surface area contributed by atoms with Gasteiger partial charge in [0.1, 0.15) is 23.1 Å². The number of nitrogens with one attached hydrogen (secondary N) is 2. The molecule has 0 saturated heterocycles. The molecule has 0 atom stereocenters. The van der Waals surface area contributed by atoms with Gasteiger partial charge in [-0.2, -0.15) is 5.26 Å². The summed E-state index contributed by atoms with van der Waals surface area (Å²) >= 11 is 0. The fourth-order valence-corrected chi connectivity index (χ4v) is 3.42. The van der Waals surface area contributed by atoms with Crippen LogP contribution in [0.15, 0.2) is 30.5 Å². The number of fused-ring (bicyclic) bond motifs is 1. The predicted molar refractivity (Wildman–Crippen MR) is 90.1 cm³/mol. The molecule has 0 aliphatic heterocycles. The van der Waals surface area contributed by atoms with Crippen LogP contribution in [0.25, 0.3) is 16.9 Å². The second kappa shape index (κ2) is 6.00. The number of hydrogen-bond donors (Lipinski definition) is 2. The molecular formula is C18H18FN5. The highest BCUT2D eigenvalue weighted by Crippen LogP contribution is 2.33. The van der Waals surface area contributed by atoms with Gasteiger partial charge in [0.25, 0.3) is 0 Å². The van der Waals surface area contributed by atoms with Crippen molar-refractivity contribution in [2.75, 3.05) is 5.32 Å². The first-order valence-electron chi connectivity index (χ1n) is 8.29. The van der Waals surface area contributed by atoms with Crippen molar-refractivity contribution in [1.29, 1.82) is 5.26 Å². The number of H-pyrrole nitrogens is 1. The Balaban J connectivity index is 1.85. The number of halogens is 1. The second-order valence-corrected chi connectivity index (χ2v) is 6.23. The Morgan fingerprint density at radius 3 is 2.79 bits per heavy atom. The van der Waals surface area contributed by atoms with Crippen molar-refractivity contribution in [1.82, 2.24) is 14.6 Å². The number of nitriles is 1. The van der Waals surface area contributed by atoms with Gasteiger partial charge in [-0.3, -0.25) is 5.10 Å². The first kappa shape index (κ1) is 14.8. The molecule has 1 saturated carbocycles. The summed E-state index contributed by atoms with van der Waals surface area (Å²) in [6.45, 7) is 0. The van der Waals surface area contributed by atoms with Crippen molar-refractivity contribution < 1.29 is 4.39 Å². The number of benzene rings is 1. The van der Waals surface area contributed by atoms with Crippen molar-refractivity contribution in [3.8, 4) is 17.3 Å².